The number of rotatable bonds is 8. The monoisotopic (exact) mass is 483 g/mol. The number of Topliss-reactive ketones (excluding diaryl/α,β-unsaturated/α-hetero) is 1. The van der Waals surface area contributed by atoms with Gasteiger partial charge in [0.05, 0.1) is 29.0 Å². The van der Waals surface area contributed by atoms with Crippen molar-refractivity contribution >= 4 is 28.4 Å². The molecular formula is C25H23F2N3O3S. The Balaban J connectivity index is 1.72. The maximum absolute atomic E-state index is 14.6. The topological polar surface area (TPSA) is 66.1 Å². The van der Waals surface area contributed by atoms with Crippen LogP contribution in [-0.2, 0) is 11.3 Å². The third-order valence-corrected chi connectivity index (χ3v) is 6.56. The zero-order valence-corrected chi connectivity index (χ0v) is 19.8. The SMILES string of the molecule is COCCn1c(C)cc(C(=O)CSc2nc3ccccc3c(=O)n2-c2ccc(F)cc2F)c1C. The molecule has 2 heterocycles. The quantitative estimate of drug-likeness (QED) is 0.206. The van der Waals surface area contributed by atoms with E-state index in [0.717, 1.165) is 33.8 Å². The molecule has 4 rings (SSSR count). The number of methoxy groups -OCH3 is 1. The summed E-state index contributed by atoms with van der Waals surface area (Å²) in [4.78, 5) is 30.9. The summed E-state index contributed by atoms with van der Waals surface area (Å²) >= 11 is 1.04. The standard InChI is InChI=1S/C25H23F2N3O3S/c1-15-12-19(16(2)29(15)10-11-33-3)23(31)14-34-25-28-21-7-5-4-6-18(21)24(32)30(25)22-9-8-17(26)13-20(22)27/h4-9,12-13H,10-11,14H2,1-3H3. The minimum Gasteiger partial charge on any atom is -0.383 e. The van der Waals surface area contributed by atoms with Crippen molar-refractivity contribution in [2.24, 2.45) is 0 Å². The van der Waals surface area contributed by atoms with Gasteiger partial charge >= 0.3 is 0 Å². The van der Waals surface area contributed by atoms with Crippen LogP contribution in [0.2, 0.25) is 0 Å². The summed E-state index contributed by atoms with van der Waals surface area (Å²) in [6.45, 7) is 4.95. The van der Waals surface area contributed by atoms with Crippen molar-refractivity contribution in [2.75, 3.05) is 19.5 Å². The van der Waals surface area contributed by atoms with E-state index in [4.69, 9.17) is 4.74 Å². The second kappa shape index (κ2) is 9.90. The number of thioether (sulfide) groups is 1. The number of ether oxygens (including phenoxy) is 1. The predicted molar refractivity (Wildman–Crippen MR) is 128 cm³/mol. The van der Waals surface area contributed by atoms with Crippen LogP contribution in [0.25, 0.3) is 16.6 Å². The lowest BCUT2D eigenvalue weighted by Crippen LogP contribution is -2.23. The molecule has 0 radical (unpaired) electrons. The lowest BCUT2D eigenvalue weighted by molar-refractivity contribution is 0.102. The van der Waals surface area contributed by atoms with Gasteiger partial charge in [-0.2, -0.15) is 0 Å². The van der Waals surface area contributed by atoms with Gasteiger partial charge in [-0.3, -0.25) is 14.2 Å². The molecular weight excluding hydrogens is 460 g/mol. The average Bonchev–Trinajstić information content (AvgIpc) is 3.10. The molecule has 6 nitrogen and oxygen atoms in total. The van der Waals surface area contributed by atoms with Gasteiger partial charge < -0.3 is 9.30 Å². The van der Waals surface area contributed by atoms with Gasteiger partial charge in [0.1, 0.15) is 11.6 Å². The van der Waals surface area contributed by atoms with Crippen molar-refractivity contribution in [3.05, 3.63) is 87.5 Å². The van der Waals surface area contributed by atoms with Crippen molar-refractivity contribution in [1.29, 1.82) is 0 Å². The van der Waals surface area contributed by atoms with Crippen LogP contribution in [0.5, 0.6) is 0 Å². The maximum Gasteiger partial charge on any atom is 0.266 e. The normalized spacial score (nSPS) is 11.3. The molecule has 0 spiro atoms. The Morgan fingerprint density at radius 3 is 2.62 bits per heavy atom. The first kappa shape index (κ1) is 23.8. The molecule has 34 heavy (non-hydrogen) atoms. The third-order valence-electron chi connectivity index (χ3n) is 5.62. The highest BCUT2D eigenvalue weighted by atomic mass is 32.2. The van der Waals surface area contributed by atoms with Crippen LogP contribution in [0.15, 0.2) is 58.5 Å². The van der Waals surface area contributed by atoms with Crippen molar-refractivity contribution in [1.82, 2.24) is 14.1 Å². The van der Waals surface area contributed by atoms with Crippen LogP contribution in [0.1, 0.15) is 21.7 Å². The molecule has 0 amide bonds. The summed E-state index contributed by atoms with van der Waals surface area (Å²) in [5, 5.41) is 0.444. The molecule has 0 N–H and O–H groups in total. The fourth-order valence-corrected chi connectivity index (χ4v) is 4.79. The molecule has 0 aliphatic rings. The molecule has 176 valence electrons. The van der Waals surface area contributed by atoms with E-state index >= 15 is 0 Å². The van der Waals surface area contributed by atoms with Gasteiger partial charge in [0, 0.05) is 36.7 Å². The number of aromatic nitrogens is 3. The largest absolute Gasteiger partial charge is 0.383 e. The molecule has 0 fully saturated rings. The number of fused-ring (bicyclic) bond motifs is 1. The van der Waals surface area contributed by atoms with E-state index in [1.807, 2.05) is 24.5 Å². The zero-order chi connectivity index (χ0) is 24.4. The molecule has 0 aliphatic heterocycles. The van der Waals surface area contributed by atoms with E-state index in [0.29, 0.717) is 35.7 Å². The highest BCUT2D eigenvalue weighted by Crippen LogP contribution is 2.25. The number of hydrogen-bond acceptors (Lipinski definition) is 5. The van der Waals surface area contributed by atoms with Gasteiger partial charge in [-0.25, -0.2) is 13.8 Å². The number of ketones is 1. The number of benzene rings is 2. The van der Waals surface area contributed by atoms with E-state index in [9.17, 15) is 18.4 Å². The Morgan fingerprint density at radius 2 is 1.88 bits per heavy atom. The lowest BCUT2D eigenvalue weighted by Gasteiger charge is -2.14. The third kappa shape index (κ3) is 4.53. The van der Waals surface area contributed by atoms with E-state index in [1.54, 1.807) is 31.4 Å². The average molecular weight is 484 g/mol. The minimum absolute atomic E-state index is 0.0117. The van der Waals surface area contributed by atoms with Gasteiger partial charge in [0.15, 0.2) is 10.9 Å². The van der Waals surface area contributed by atoms with Gasteiger partial charge in [0.2, 0.25) is 0 Å². The van der Waals surface area contributed by atoms with Crippen molar-refractivity contribution in [2.45, 2.75) is 25.5 Å². The second-order valence-electron chi connectivity index (χ2n) is 7.79. The Hall–Kier alpha value is -3.30. The van der Waals surface area contributed by atoms with Crippen LogP contribution in [0.4, 0.5) is 8.78 Å². The molecule has 0 atom stereocenters. The summed E-state index contributed by atoms with van der Waals surface area (Å²) in [6, 6.07) is 11.5. The second-order valence-corrected chi connectivity index (χ2v) is 8.73. The van der Waals surface area contributed by atoms with E-state index in [-0.39, 0.29) is 22.4 Å². The first-order valence-corrected chi connectivity index (χ1v) is 11.6. The molecule has 4 aromatic rings. The van der Waals surface area contributed by atoms with Crippen LogP contribution in [-0.4, -0.2) is 39.4 Å². The van der Waals surface area contributed by atoms with Crippen molar-refractivity contribution < 1.29 is 18.3 Å². The van der Waals surface area contributed by atoms with Gasteiger partial charge in [-0.1, -0.05) is 23.9 Å². The zero-order valence-electron chi connectivity index (χ0n) is 19.0. The van der Waals surface area contributed by atoms with Crippen molar-refractivity contribution in [3.8, 4) is 5.69 Å². The first-order chi connectivity index (χ1) is 16.3. The molecule has 2 aromatic heterocycles. The smallest absolute Gasteiger partial charge is 0.266 e. The maximum atomic E-state index is 14.6. The minimum atomic E-state index is -0.894. The van der Waals surface area contributed by atoms with Crippen molar-refractivity contribution in [3.63, 3.8) is 0 Å². The van der Waals surface area contributed by atoms with Gasteiger partial charge in [0.25, 0.3) is 5.56 Å². The molecule has 9 heteroatoms. The molecule has 0 saturated heterocycles. The van der Waals surface area contributed by atoms with Crippen LogP contribution < -0.4 is 5.56 Å². The number of nitrogens with zero attached hydrogens (tertiary/aromatic N) is 3. The predicted octanol–water partition coefficient (Wildman–Crippen LogP) is 4.70. The van der Waals surface area contributed by atoms with Crippen LogP contribution >= 0.6 is 11.8 Å². The molecule has 0 aliphatic carbocycles. The Kier molecular flexibility index (Phi) is 6.95. The number of carbonyl (C=O) groups is 1. The molecule has 0 unspecified atom stereocenters. The summed E-state index contributed by atoms with van der Waals surface area (Å²) in [6.07, 6.45) is 0. The number of para-hydroxylation sites is 1. The Labute approximate surface area is 199 Å². The fourth-order valence-electron chi connectivity index (χ4n) is 3.90. The summed E-state index contributed by atoms with van der Waals surface area (Å²) in [5.74, 6) is -1.80. The highest BCUT2D eigenvalue weighted by molar-refractivity contribution is 7.99. The molecule has 0 saturated carbocycles. The Bertz CT molecular complexity index is 1450. The Morgan fingerprint density at radius 1 is 1.12 bits per heavy atom. The molecule has 2 aromatic carbocycles. The summed E-state index contributed by atoms with van der Waals surface area (Å²) in [5.41, 5.74) is 2.15. The number of aryl methyl sites for hydroxylation is 1. The van der Waals surface area contributed by atoms with E-state index in [1.165, 1.54) is 6.07 Å². The number of carbonyl (C=O) groups excluding carboxylic acids is 1. The number of halogens is 2. The highest BCUT2D eigenvalue weighted by Gasteiger charge is 2.20. The van der Waals surface area contributed by atoms with Gasteiger partial charge in [-0.15, -0.1) is 0 Å². The van der Waals surface area contributed by atoms with Gasteiger partial charge in [-0.05, 0) is 44.2 Å². The van der Waals surface area contributed by atoms with E-state index < -0.39 is 17.2 Å². The lowest BCUT2D eigenvalue weighted by atomic mass is 10.2. The number of hydrogen-bond donors (Lipinski definition) is 0. The summed E-state index contributed by atoms with van der Waals surface area (Å²) in [7, 11) is 1.62. The fraction of sp³-hybridized carbons (Fsp3) is 0.240. The first-order valence-electron chi connectivity index (χ1n) is 10.6. The summed E-state index contributed by atoms with van der Waals surface area (Å²) < 4.78 is 36.4. The van der Waals surface area contributed by atoms with Crippen LogP contribution in [0, 0.1) is 25.5 Å². The van der Waals surface area contributed by atoms with E-state index in [2.05, 4.69) is 4.98 Å². The molecule has 0 bridgehead atoms. The van der Waals surface area contributed by atoms with Crippen LogP contribution in [0.3, 0.4) is 0 Å².